The third-order valence-electron chi connectivity index (χ3n) is 5.17. The van der Waals surface area contributed by atoms with Crippen LogP contribution >= 0.6 is 0 Å². The minimum atomic E-state index is -0.608. The number of nitrogens with zero attached hydrogens (tertiary/aromatic N) is 4. The first-order valence-electron chi connectivity index (χ1n) is 8.34. The number of aliphatic hydroxyl groups excluding tert-OH is 1. The van der Waals surface area contributed by atoms with Gasteiger partial charge in [-0.1, -0.05) is 24.3 Å². The van der Waals surface area contributed by atoms with Gasteiger partial charge in [-0.05, 0) is 36.9 Å². The number of rotatable bonds is 3. The zero-order valence-electron chi connectivity index (χ0n) is 13.4. The third kappa shape index (κ3) is 2.59. The van der Waals surface area contributed by atoms with Gasteiger partial charge in [0.15, 0.2) is 0 Å². The topological polar surface area (TPSA) is 97.3 Å². The maximum absolute atomic E-state index is 11.2. The lowest BCUT2D eigenvalue weighted by atomic mass is 10.0. The van der Waals surface area contributed by atoms with E-state index in [1.54, 1.807) is 11.0 Å². The van der Waals surface area contributed by atoms with Crippen molar-refractivity contribution in [3.05, 3.63) is 47.5 Å². The molecule has 0 unspecified atom stereocenters. The lowest BCUT2D eigenvalue weighted by Gasteiger charge is -2.37. The highest BCUT2D eigenvalue weighted by Crippen LogP contribution is 2.36. The molecule has 1 amide bonds. The molecule has 1 aromatic heterocycles. The van der Waals surface area contributed by atoms with Crippen LogP contribution in [0.4, 0.5) is 0 Å². The number of hydrogen-bond acceptors (Lipinski definition) is 5. The molecule has 1 saturated heterocycles. The molecule has 1 aliphatic heterocycles. The molecule has 7 nitrogen and oxygen atoms in total. The van der Waals surface area contributed by atoms with Crippen molar-refractivity contribution in [1.29, 1.82) is 0 Å². The Balaban J connectivity index is 1.50. The molecule has 3 atom stereocenters. The van der Waals surface area contributed by atoms with Gasteiger partial charge in [0.1, 0.15) is 6.33 Å². The van der Waals surface area contributed by atoms with Crippen molar-refractivity contribution in [3.63, 3.8) is 0 Å². The molecule has 2 heterocycles. The average Bonchev–Trinajstić information content (AvgIpc) is 3.21. The number of carbonyl (C=O) groups is 1. The average molecular weight is 327 g/mol. The van der Waals surface area contributed by atoms with E-state index in [4.69, 9.17) is 5.73 Å². The summed E-state index contributed by atoms with van der Waals surface area (Å²) in [4.78, 5) is 17.5. The number of amides is 1. The van der Waals surface area contributed by atoms with Crippen molar-refractivity contribution in [3.8, 4) is 0 Å². The van der Waals surface area contributed by atoms with E-state index in [2.05, 4.69) is 21.0 Å². The maximum Gasteiger partial charge on any atom is 0.288 e. The van der Waals surface area contributed by atoms with Gasteiger partial charge in [-0.3, -0.25) is 9.69 Å². The lowest BCUT2D eigenvalue weighted by Crippen LogP contribution is -2.45. The number of piperidine rings is 1. The molecule has 4 rings (SSSR count). The van der Waals surface area contributed by atoms with Gasteiger partial charge < -0.3 is 10.8 Å². The second-order valence-corrected chi connectivity index (χ2v) is 6.62. The van der Waals surface area contributed by atoms with Crippen LogP contribution in [0.2, 0.25) is 0 Å². The van der Waals surface area contributed by atoms with Gasteiger partial charge in [-0.2, -0.15) is 0 Å². The summed E-state index contributed by atoms with van der Waals surface area (Å²) in [7, 11) is 0. The van der Waals surface area contributed by atoms with E-state index in [-0.39, 0.29) is 17.9 Å². The second kappa shape index (κ2) is 5.99. The van der Waals surface area contributed by atoms with Crippen molar-refractivity contribution in [1.82, 2.24) is 19.7 Å². The van der Waals surface area contributed by atoms with Gasteiger partial charge >= 0.3 is 0 Å². The lowest BCUT2D eigenvalue weighted by molar-refractivity contribution is 0.0345. The molecule has 1 aromatic carbocycles. The fraction of sp³-hybridized carbons (Fsp3) is 0.471. The number of fused-ring (bicyclic) bond motifs is 1. The summed E-state index contributed by atoms with van der Waals surface area (Å²) in [5, 5.41) is 14.9. The molecule has 24 heavy (non-hydrogen) atoms. The minimum Gasteiger partial charge on any atom is -0.387 e. The van der Waals surface area contributed by atoms with Crippen molar-refractivity contribution in [2.45, 2.75) is 37.5 Å². The number of benzene rings is 1. The molecule has 0 bridgehead atoms. The highest BCUT2D eigenvalue weighted by Gasteiger charge is 2.37. The van der Waals surface area contributed by atoms with E-state index in [1.165, 1.54) is 5.56 Å². The summed E-state index contributed by atoms with van der Waals surface area (Å²) < 4.78 is 1.74. The van der Waals surface area contributed by atoms with Crippen LogP contribution in [0.5, 0.6) is 0 Å². The Labute approximate surface area is 140 Å². The normalized spacial score (nSPS) is 27.1. The van der Waals surface area contributed by atoms with Crippen LogP contribution in [0.3, 0.4) is 0 Å². The number of carbonyl (C=O) groups excluding carboxylic acids is 1. The van der Waals surface area contributed by atoms with Crippen LogP contribution in [0, 0.1) is 0 Å². The van der Waals surface area contributed by atoms with Crippen LogP contribution in [-0.4, -0.2) is 49.8 Å². The Hall–Kier alpha value is -2.25. The van der Waals surface area contributed by atoms with Gasteiger partial charge in [0.2, 0.25) is 5.82 Å². The molecule has 0 saturated carbocycles. The second-order valence-electron chi connectivity index (χ2n) is 6.62. The molecule has 0 radical (unpaired) electrons. The molecule has 2 aliphatic rings. The standard InChI is InChI=1S/C17H21N5O2/c18-16(24)17-19-10-22(20-17)12-5-3-7-21(9-12)14-8-11-4-1-2-6-13(11)15(14)23/h1-2,4,6,10,12,14-15,23H,3,5,7-9H2,(H2,18,24)/t12-,14+,15-/m1/s1. The molecule has 1 aliphatic carbocycles. The number of aromatic nitrogens is 3. The van der Waals surface area contributed by atoms with Crippen LogP contribution in [0.25, 0.3) is 0 Å². The summed E-state index contributed by atoms with van der Waals surface area (Å²) in [5.41, 5.74) is 7.50. The number of nitrogens with two attached hydrogens (primary N) is 1. The van der Waals surface area contributed by atoms with Crippen molar-refractivity contribution < 1.29 is 9.90 Å². The highest BCUT2D eigenvalue weighted by molar-refractivity contribution is 5.88. The van der Waals surface area contributed by atoms with Crippen LogP contribution in [-0.2, 0) is 6.42 Å². The molecule has 7 heteroatoms. The molecular weight excluding hydrogens is 306 g/mol. The molecule has 1 fully saturated rings. The predicted molar refractivity (Wildman–Crippen MR) is 87.3 cm³/mol. The SMILES string of the molecule is NC(=O)c1ncn([C@@H]2CCCN([C@H]3Cc4ccccc4[C@H]3O)C2)n1. The molecule has 2 aromatic rings. The summed E-state index contributed by atoms with van der Waals surface area (Å²) >= 11 is 0. The molecular formula is C17H21N5O2. The first kappa shape index (κ1) is 15.3. The van der Waals surface area contributed by atoms with Gasteiger partial charge in [0.05, 0.1) is 12.1 Å². The first-order valence-corrected chi connectivity index (χ1v) is 8.34. The highest BCUT2D eigenvalue weighted by atomic mass is 16.3. The van der Waals surface area contributed by atoms with Gasteiger partial charge in [-0.25, -0.2) is 9.67 Å². The zero-order valence-corrected chi connectivity index (χ0v) is 13.4. The Kier molecular flexibility index (Phi) is 3.82. The fourth-order valence-corrected chi connectivity index (χ4v) is 3.95. The molecule has 126 valence electrons. The van der Waals surface area contributed by atoms with E-state index < -0.39 is 12.0 Å². The van der Waals surface area contributed by atoms with E-state index >= 15 is 0 Å². The van der Waals surface area contributed by atoms with E-state index in [9.17, 15) is 9.90 Å². The first-order chi connectivity index (χ1) is 11.6. The summed E-state index contributed by atoms with van der Waals surface area (Å²) in [6, 6.07) is 8.35. The summed E-state index contributed by atoms with van der Waals surface area (Å²) in [6.07, 6.45) is 4.00. The number of primary amides is 1. The third-order valence-corrected chi connectivity index (χ3v) is 5.17. The van der Waals surface area contributed by atoms with Crippen molar-refractivity contribution in [2.75, 3.05) is 13.1 Å². The largest absolute Gasteiger partial charge is 0.387 e. The van der Waals surface area contributed by atoms with E-state index in [0.29, 0.717) is 0 Å². The number of hydrogen-bond donors (Lipinski definition) is 2. The monoisotopic (exact) mass is 327 g/mol. The smallest absolute Gasteiger partial charge is 0.288 e. The molecule has 3 N–H and O–H groups in total. The van der Waals surface area contributed by atoms with Crippen LogP contribution < -0.4 is 5.73 Å². The Morgan fingerprint density at radius 2 is 2.17 bits per heavy atom. The number of aliphatic hydroxyl groups is 1. The van der Waals surface area contributed by atoms with Gasteiger partial charge in [0.25, 0.3) is 5.91 Å². The Bertz CT molecular complexity index is 759. The van der Waals surface area contributed by atoms with Crippen molar-refractivity contribution >= 4 is 5.91 Å². The number of likely N-dealkylation sites (tertiary alicyclic amines) is 1. The zero-order chi connectivity index (χ0) is 16.7. The quantitative estimate of drug-likeness (QED) is 0.864. The van der Waals surface area contributed by atoms with E-state index in [1.807, 2.05) is 18.2 Å². The van der Waals surface area contributed by atoms with Crippen LogP contribution in [0.15, 0.2) is 30.6 Å². The van der Waals surface area contributed by atoms with Crippen molar-refractivity contribution in [2.24, 2.45) is 5.73 Å². The predicted octanol–water partition coefficient (Wildman–Crippen LogP) is 0.672. The fourth-order valence-electron chi connectivity index (χ4n) is 3.95. The Morgan fingerprint density at radius 1 is 1.33 bits per heavy atom. The van der Waals surface area contributed by atoms with Gasteiger partial charge in [-0.15, -0.1) is 5.10 Å². The molecule has 0 spiro atoms. The Morgan fingerprint density at radius 3 is 2.92 bits per heavy atom. The van der Waals surface area contributed by atoms with E-state index in [0.717, 1.165) is 37.9 Å². The summed E-state index contributed by atoms with van der Waals surface area (Å²) in [6.45, 7) is 1.75. The summed E-state index contributed by atoms with van der Waals surface area (Å²) in [5.74, 6) is -0.552. The van der Waals surface area contributed by atoms with Gasteiger partial charge in [0, 0.05) is 12.6 Å². The van der Waals surface area contributed by atoms with Crippen LogP contribution in [0.1, 0.15) is 46.7 Å². The minimum absolute atomic E-state index is 0.0560. The maximum atomic E-state index is 11.2.